The van der Waals surface area contributed by atoms with Gasteiger partial charge in [-0.25, -0.2) is 4.98 Å². The van der Waals surface area contributed by atoms with Crippen molar-refractivity contribution in [3.63, 3.8) is 0 Å². The maximum atomic E-state index is 10.4. The maximum Gasteiger partial charge on any atom is 0.110 e. The van der Waals surface area contributed by atoms with Crippen LogP contribution in [-0.4, -0.2) is 9.55 Å². The Kier molecular flexibility index (Phi) is 4.34. The minimum atomic E-state index is -0.605. The monoisotopic (exact) mass is 341 g/mol. The molecule has 4 rings (SSSR count). The molecule has 2 aromatic carbocycles. The Morgan fingerprint density at radius 2 is 1.62 bits per heavy atom. The molecule has 1 aromatic heterocycles. The second kappa shape index (κ2) is 6.80. The minimum absolute atomic E-state index is 0.282. The van der Waals surface area contributed by atoms with Gasteiger partial charge in [-0.1, -0.05) is 60.7 Å². The molecule has 0 aliphatic heterocycles. The first kappa shape index (κ1) is 16.6. The number of hydrogen-bond acceptors (Lipinski definition) is 2. The van der Waals surface area contributed by atoms with Crippen molar-refractivity contribution < 1.29 is 0 Å². The number of aromatic nitrogens is 2. The molecule has 0 spiro atoms. The molecular weight excluding hydrogens is 318 g/mol. The second-order valence-electron chi connectivity index (χ2n) is 7.20. The lowest BCUT2D eigenvalue weighted by Crippen LogP contribution is -2.34. The normalized spacial score (nSPS) is 20.0. The number of aryl methyl sites for hydroxylation is 1. The van der Waals surface area contributed by atoms with Gasteiger partial charge in [0.15, 0.2) is 0 Å². The first-order chi connectivity index (χ1) is 12.8. The van der Waals surface area contributed by atoms with Crippen LogP contribution in [0.25, 0.3) is 0 Å². The zero-order chi connectivity index (χ0) is 18.0. The number of nitriles is 1. The van der Waals surface area contributed by atoms with E-state index in [0.717, 1.165) is 36.2 Å². The van der Waals surface area contributed by atoms with Gasteiger partial charge in [0.25, 0.3) is 0 Å². The van der Waals surface area contributed by atoms with Crippen molar-refractivity contribution in [1.82, 2.24) is 9.55 Å². The Labute approximate surface area is 154 Å². The molecule has 1 aliphatic carbocycles. The van der Waals surface area contributed by atoms with Crippen molar-refractivity contribution in [2.45, 2.75) is 37.6 Å². The van der Waals surface area contributed by atoms with Gasteiger partial charge < -0.3 is 4.57 Å². The predicted octanol–water partition coefficient (Wildman–Crippen LogP) is 5.04. The average Bonchev–Trinajstić information content (AvgIpc) is 3.34. The van der Waals surface area contributed by atoms with E-state index in [1.807, 2.05) is 42.6 Å². The molecular formula is C23H23N3. The number of benzene rings is 2. The van der Waals surface area contributed by atoms with Crippen molar-refractivity contribution in [1.29, 1.82) is 5.26 Å². The molecule has 130 valence electrons. The Morgan fingerprint density at radius 3 is 2.12 bits per heavy atom. The highest BCUT2D eigenvalue weighted by Gasteiger charge is 2.46. The van der Waals surface area contributed by atoms with Crippen LogP contribution in [0.3, 0.4) is 0 Å². The molecule has 1 saturated carbocycles. The molecule has 3 nitrogen and oxygen atoms in total. The third kappa shape index (κ3) is 2.63. The molecule has 1 fully saturated rings. The fraction of sp³-hybridized carbons (Fsp3) is 0.304. The van der Waals surface area contributed by atoms with Gasteiger partial charge in [-0.05, 0) is 43.2 Å². The highest BCUT2D eigenvalue weighted by molar-refractivity contribution is 5.47. The van der Waals surface area contributed by atoms with Gasteiger partial charge in [0.05, 0.1) is 6.07 Å². The molecule has 26 heavy (non-hydrogen) atoms. The summed E-state index contributed by atoms with van der Waals surface area (Å²) in [6, 6.07) is 23.8. The van der Waals surface area contributed by atoms with Crippen LogP contribution < -0.4 is 0 Å². The Hall–Kier alpha value is -2.86. The van der Waals surface area contributed by atoms with Gasteiger partial charge in [0, 0.05) is 18.4 Å². The van der Waals surface area contributed by atoms with E-state index in [1.165, 1.54) is 0 Å². The van der Waals surface area contributed by atoms with E-state index in [-0.39, 0.29) is 5.92 Å². The molecule has 0 N–H and O–H groups in total. The van der Waals surface area contributed by atoms with Crippen molar-refractivity contribution in [3.8, 4) is 6.07 Å². The van der Waals surface area contributed by atoms with Crippen molar-refractivity contribution in [2.75, 3.05) is 0 Å². The molecule has 1 aliphatic rings. The van der Waals surface area contributed by atoms with Crippen LogP contribution in [0.5, 0.6) is 0 Å². The molecule has 0 bridgehead atoms. The van der Waals surface area contributed by atoms with Gasteiger partial charge in [0.1, 0.15) is 11.2 Å². The molecule has 0 radical (unpaired) electrons. The molecule has 2 atom stereocenters. The Bertz CT molecular complexity index is 866. The minimum Gasteiger partial charge on any atom is -0.332 e. The summed E-state index contributed by atoms with van der Waals surface area (Å²) in [4.78, 5) is 4.38. The van der Waals surface area contributed by atoms with Crippen molar-refractivity contribution >= 4 is 0 Å². The molecule has 0 amide bonds. The summed E-state index contributed by atoms with van der Waals surface area (Å²) in [5.74, 6) is 1.33. The fourth-order valence-corrected chi connectivity index (χ4v) is 4.64. The lowest BCUT2D eigenvalue weighted by Gasteiger charge is -2.34. The van der Waals surface area contributed by atoms with Crippen molar-refractivity contribution in [2.24, 2.45) is 5.92 Å². The summed E-state index contributed by atoms with van der Waals surface area (Å²) in [5.41, 5.74) is 1.59. The van der Waals surface area contributed by atoms with Crippen LogP contribution in [0.1, 0.15) is 42.3 Å². The molecule has 0 unspecified atom stereocenters. The SMILES string of the molecule is Cc1nccn1[C@H]1CC[C@H](C(C#N)(c2ccccc2)c2ccccc2)C1. The molecule has 3 aromatic rings. The summed E-state index contributed by atoms with van der Waals surface area (Å²) in [6.45, 7) is 2.05. The summed E-state index contributed by atoms with van der Waals surface area (Å²) in [7, 11) is 0. The second-order valence-corrected chi connectivity index (χ2v) is 7.20. The van der Waals surface area contributed by atoms with E-state index in [4.69, 9.17) is 0 Å². The first-order valence-corrected chi connectivity index (χ1v) is 9.27. The van der Waals surface area contributed by atoms with Crippen LogP contribution in [0.2, 0.25) is 0 Å². The summed E-state index contributed by atoms with van der Waals surface area (Å²) < 4.78 is 2.28. The highest BCUT2D eigenvalue weighted by atomic mass is 15.1. The molecule has 3 heteroatoms. The number of nitrogens with zero attached hydrogens (tertiary/aromatic N) is 3. The lowest BCUT2D eigenvalue weighted by molar-refractivity contribution is 0.380. The van der Waals surface area contributed by atoms with Crippen LogP contribution in [-0.2, 0) is 5.41 Å². The Balaban J connectivity index is 1.78. The standard InChI is InChI=1S/C23H23N3/c1-18-25-14-15-26(18)22-13-12-21(16-22)23(17-24,19-8-4-2-5-9-19)20-10-6-3-7-11-20/h2-11,14-15,21-22H,12-13,16H2,1H3/t21-,22-/m0/s1. The average molecular weight is 341 g/mol. The lowest BCUT2D eigenvalue weighted by atomic mass is 9.66. The van der Waals surface area contributed by atoms with Gasteiger partial charge in [-0.3, -0.25) is 0 Å². The summed E-state index contributed by atoms with van der Waals surface area (Å²) >= 11 is 0. The quantitative estimate of drug-likeness (QED) is 0.667. The number of rotatable bonds is 4. The van der Waals surface area contributed by atoms with Gasteiger partial charge >= 0.3 is 0 Å². The van der Waals surface area contributed by atoms with E-state index in [0.29, 0.717) is 6.04 Å². The molecule has 0 saturated heterocycles. The number of imidazole rings is 1. The smallest absolute Gasteiger partial charge is 0.110 e. The van der Waals surface area contributed by atoms with E-state index >= 15 is 0 Å². The third-order valence-corrected chi connectivity index (χ3v) is 5.91. The largest absolute Gasteiger partial charge is 0.332 e. The van der Waals surface area contributed by atoms with Crippen LogP contribution in [0.15, 0.2) is 73.1 Å². The zero-order valence-electron chi connectivity index (χ0n) is 15.0. The van der Waals surface area contributed by atoms with E-state index < -0.39 is 5.41 Å². The fourth-order valence-electron chi connectivity index (χ4n) is 4.64. The van der Waals surface area contributed by atoms with E-state index in [1.54, 1.807) is 0 Å². The first-order valence-electron chi connectivity index (χ1n) is 9.27. The Morgan fingerprint density at radius 1 is 1.00 bits per heavy atom. The van der Waals surface area contributed by atoms with E-state index in [2.05, 4.69) is 53.0 Å². The zero-order valence-corrected chi connectivity index (χ0v) is 15.0. The third-order valence-electron chi connectivity index (χ3n) is 5.91. The van der Waals surface area contributed by atoms with Crippen LogP contribution >= 0.6 is 0 Å². The topological polar surface area (TPSA) is 41.6 Å². The predicted molar refractivity (Wildman–Crippen MR) is 103 cm³/mol. The maximum absolute atomic E-state index is 10.4. The summed E-state index contributed by atoms with van der Waals surface area (Å²) in [5, 5.41) is 10.4. The number of hydrogen-bond donors (Lipinski definition) is 0. The van der Waals surface area contributed by atoms with Crippen molar-refractivity contribution in [3.05, 3.63) is 90.0 Å². The summed E-state index contributed by atoms with van der Waals surface area (Å²) in [6.07, 6.45) is 7.06. The van der Waals surface area contributed by atoms with Crippen LogP contribution in [0.4, 0.5) is 0 Å². The highest BCUT2D eigenvalue weighted by Crippen LogP contribution is 2.49. The van der Waals surface area contributed by atoms with Crippen LogP contribution in [0, 0.1) is 24.2 Å². The molecule has 1 heterocycles. The van der Waals surface area contributed by atoms with E-state index in [9.17, 15) is 5.26 Å². The van der Waals surface area contributed by atoms with Gasteiger partial charge in [-0.2, -0.15) is 5.26 Å². The van der Waals surface area contributed by atoms with Gasteiger partial charge in [-0.15, -0.1) is 0 Å². The van der Waals surface area contributed by atoms with Gasteiger partial charge in [0.2, 0.25) is 0 Å².